The molecule has 9 heteroatoms. The second kappa shape index (κ2) is 6.81. The van der Waals surface area contributed by atoms with E-state index in [4.69, 9.17) is 14.0 Å². The van der Waals surface area contributed by atoms with Crippen LogP contribution in [-0.2, 0) is 9.31 Å². The number of rotatable bonds is 5. The van der Waals surface area contributed by atoms with Gasteiger partial charge in [-0.1, -0.05) is 12.1 Å². The lowest BCUT2D eigenvalue weighted by Crippen LogP contribution is -2.41. The van der Waals surface area contributed by atoms with Crippen molar-refractivity contribution in [3.05, 3.63) is 36.7 Å². The van der Waals surface area contributed by atoms with Crippen LogP contribution in [0.3, 0.4) is 0 Å². The zero-order valence-electron chi connectivity index (χ0n) is 14.9. The van der Waals surface area contributed by atoms with Crippen LogP contribution in [0.4, 0.5) is 8.78 Å². The highest BCUT2D eigenvalue weighted by Gasteiger charge is 2.51. The number of hydrogen-bond donors (Lipinski definition) is 0. The highest BCUT2D eigenvalue weighted by Crippen LogP contribution is 2.36. The fourth-order valence-corrected chi connectivity index (χ4v) is 2.31. The Bertz CT molecular complexity index is 756. The number of alkyl halides is 2. The third-order valence-corrected chi connectivity index (χ3v) is 4.44. The number of aromatic nitrogens is 2. The summed E-state index contributed by atoms with van der Waals surface area (Å²) in [5.41, 5.74) is -0.315. The molecule has 1 aliphatic rings. The molecule has 1 fully saturated rings. The fourth-order valence-electron chi connectivity index (χ4n) is 2.31. The first-order valence-corrected chi connectivity index (χ1v) is 8.07. The number of benzene rings is 1. The molecule has 1 saturated heterocycles. The minimum atomic E-state index is -2.95. The number of halogens is 2. The van der Waals surface area contributed by atoms with Crippen LogP contribution in [0.15, 0.2) is 36.7 Å². The van der Waals surface area contributed by atoms with E-state index in [1.807, 2.05) is 27.7 Å². The third kappa shape index (κ3) is 3.78. The summed E-state index contributed by atoms with van der Waals surface area (Å²) in [6.45, 7) is 4.85. The summed E-state index contributed by atoms with van der Waals surface area (Å²) in [5.74, 6) is -0.00248. The first-order chi connectivity index (χ1) is 12.2. The maximum Gasteiger partial charge on any atom is 0.498 e. The van der Waals surface area contributed by atoms with Crippen molar-refractivity contribution in [1.82, 2.24) is 9.97 Å². The Kier molecular flexibility index (Phi) is 4.85. The Morgan fingerprint density at radius 3 is 2.04 bits per heavy atom. The van der Waals surface area contributed by atoms with E-state index in [1.54, 1.807) is 12.1 Å². The van der Waals surface area contributed by atoms with Gasteiger partial charge in [-0.25, -0.2) is 9.97 Å². The molecule has 1 aliphatic heterocycles. The van der Waals surface area contributed by atoms with E-state index in [9.17, 15) is 8.78 Å². The van der Waals surface area contributed by atoms with Crippen LogP contribution in [0.1, 0.15) is 27.7 Å². The minimum absolute atomic E-state index is 0.00409. The van der Waals surface area contributed by atoms with Crippen molar-refractivity contribution in [2.75, 3.05) is 0 Å². The summed E-state index contributed by atoms with van der Waals surface area (Å²) < 4.78 is 46.6. The molecular formula is C17H19BF2N2O4. The lowest BCUT2D eigenvalue weighted by atomic mass is 9.81. The molecule has 0 spiro atoms. The molecule has 0 saturated carbocycles. The van der Waals surface area contributed by atoms with Crippen LogP contribution in [0.2, 0.25) is 0 Å². The van der Waals surface area contributed by atoms with E-state index in [0.29, 0.717) is 5.46 Å². The van der Waals surface area contributed by atoms with E-state index < -0.39 is 24.9 Å². The van der Waals surface area contributed by atoms with Crippen molar-refractivity contribution < 1.29 is 27.6 Å². The van der Waals surface area contributed by atoms with Gasteiger partial charge in [-0.15, -0.1) is 0 Å². The normalized spacial score (nSPS) is 18.2. The van der Waals surface area contributed by atoms with E-state index in [1.165, 1.54) is 24.5 Å². The summed E-state index contributed by atoms with van der Waals surface area (Å²) in [4.78, 5) is 8.20. The summed E-state index contributed by atoms with van der Waals surface area (Å²) in [7, 11) is -0.594. The van der Waals surface area contributed by atoms with Gasteiger partial charge in [-0.3, -0.25) is 0 Å². The first-order valence-electron chi connectivity index (χ1n) is 8.07. The van der Waals surface area contributed by atoms with Crippen LogP contribution < -0.4 is 14.9 Å². The van der Waals surface area contributed by atoms with Gasteiger partial charge in [0.15, 0.2) is 11.5 Å². The van der Waals surface area contributed by atoms with Crippen LogP contribution in [0.25, 0.3) is 0 Å². The lowest BCUT2D eigenvalue weighted by Gasteiger charge is -2.32. The predicted molar refractivity (Wildman–Crippen MR) is 90.9 cm³/mol. The van der Waals surface area contributed by atoms with E-state index >= 15 is 0 Å². The average molecular weight is 364 g/mol. The zero-order valence-corrected chi connectivity index (χ0v) is 14.9. The molecular weight excluding hydrogens is 345 g/mol. The molecule has 0 radical (unpaired) electrons. The molecule has 0 amide bonds. The van der Waals surface area contributed by atoms with Gasteiger partial charge in [0, 0.05) is 17.9 Å². The maximum absolute atomic E-state index is 12.5. The summed E-state index contributed by atoms with van der Waals surface area (Å²) in [6.07, 6.45) is 3.03. The largest absolute Gasteiger partial charge is 0.498 e. The van der Waals surface area contributed by atoms with Crippen LogP contribution in [-0.4, -0.2) is 34.9 Å². The van der Waals surface area contributed by atoms with Gasteiger partial charge >= 0.3 is 19.7 Å². The van der Waals surface area contributed by atoms with Crippen molar-refractivity contribution in [2.45, 2.75) is 45.5 Å². The second-order valence-electron chi connectivity index (χ2n) is 6.81. The molecule has 0 atom stereocenters. The minimum Gasteiger partial charge on any atom is -0.431 e. The SMILES string of the molecule is CC1(C)OB(c2cnc(Oc3ccccc3OC(F)F)nc2)OC1(C)C. The molecule has 0 bridgehead atoms. The van der Waals surface area contributed by atoms with Gasteiger partial charge in [0.05, 0.1) is 11.2 Å². The summed E-state index contributed by atoms with van der Waals surface area (Å²) >= 11 is 0. The summed E-state index contributed by atoms with van der Waals surface area (Å²) in [5, 5.41) is 0. The van der Waals surface area contributed by atoms with E-state index in [-0.39, 0.29) is 17.5 Å². The predicted octanol–water partition coefficient (Wildman–Crippen LogP) is 3.17. The molecule has 2 aromatic rings. The molecule has 0 aliphatic carbocycles. The van der Waals surface area contributed by atoms with Crippen LogP contribution in [0, 0.1) is 0 Å². The molecule has 0 N–H and O–H groups in total. The Labute approximate surface area is 150 Å². The van der Waals surface area contributed by atoms with Gasteiger partial charge in [0.25, 0.3) is 0 Å². The lowest BCUT2D eigenvalue weighted by molar-refractivity contribution is -0.0510. The molecule has 1 aromatic heterocycles. The van der Waals surface area contributed by atoms with Crippen molar-refractivity contribution in [1.29, 1.82) is 0 Å². The topological polar surface area (TPSA) is 62.7 Å². The Hall–Kier alpha value is -2.26. The monoisotopic (exact) mass is 364 g/mol. The zero-order chi connectivity index (χ0) is 18.9. The number of hydrogen-bond acceptors (Lipinski definition) is 6. The number of nitrogens with zero attached hydrogens (tertiary/aromatic N) is 2. The van der Waals surface area contributed by atoms with Gasteiger partial charge < -0.3 is 18.8 Å². The molecule has 2 heterocycles. The van der Waals surface area contributed by atoms with Crippen molar-refractivity contribution in [3.8, 4) is 17.5 Å². The van der Waals surface area contributed by atoms with E-state index in [0.717, 1.165) is 0 Å². The molecule has 3 rings (SSSR count). The second-order valence-corrected chi connectivity index (χ2v) is 6.81. The van der Waals surface area contributed by atoms with E-state index in [2.05, 4.69) is 14.7 Å². The molecule has 0 unspecified atom stereocenters. The van der Waals surface area contributed by atoms with Crippen LogP contribution in [0.5, 0.6) is 17.5 Å². The Morgan fingerprint density at radius 1 is 0.962 bits per heavy atom. The summed E-state index contributed by atoms with van der Waals surface area (Å²) in [6, 6.07) is 6.05. The highest BCUT2D eigenvalue weighted by atomic mass is 19.3. The number of ether oxygens (including phenoxy) is 2. The smallest absolute Gasteiger partial charge is 0.431 e. The number of para-hydroxylation sites is 2. The first kappa shape index (κ1) is 18.5. The fraction of sp³-hybridized carbons (Fsp3) is 0.412. The van der Waals surface area contributed by atoms with Gasteiger partial charge in [0.1, 0.15) is 0 Å². The standard InChI is InChI=1S/C17H19BF2N2O4/c1-16(2)17(3,4)26-18(25-16)11-9-21-15(22-10-11)24-13-8-6-5-7-12(13)23-14(19)20/h5-10,14H,1-4H3. The molecule has 6 nitrogen and oxygen atoms in total. The van der Waals surface area contributed by atoms with Crippen molar-refractivity contribution >= 4 is 12.6 Å². The highest BCUT2D eigenvalue weighted by molar-refractivity contribution is 6.61. The van der Waals surface area contributed by atoms with Crippen LogP contribution >= 0.6 is 0 Å². The Balaban J connectivity index is 1.74. The average Bonchev–Trinajstić information content (AvgIpc) is 2.77. The molecule has 1 aromatic carbocycles. The van der Waals surface area contributed by atoms with Crippen molar-refractivity contribution in [2.24, 2.45) is 0 Å². The van der Waals surface area contributed by atoms with Crippen molar-refractivity contribution in [3.63, 3.8) is 0 Å². The maximum atomic E-state index is 12.5. The third-order valence-electron chi connectivity index (χ3n) is 4.44. The molecule has 26 heavy (non-hydrogen) atoms. The van der Waals surface area contributed by atoms with Gasteiger partial charge in [-0.05, 0) is 39.8 Å². The van der Waals surface area contributed by atoms with Gasteiger partial charge in [-0.2, -0.15) is 8.78 Å². The Morgan fingerprint density at radius 2 is 1.50 bits per heavy atom. The molecule has 138 valence electrons. The quantitative estimate of drug-likeness (QED) is 0.760. The van der Waals surface area contributed by atoms with Gasteiger partial charge in [0.2, 0.25) is 0 Å².